The average molecular weight is 448 g/mol. The molecule has 0 spiro atoms. The lowest BCUT2D eigenvalue weighted by atomic mass is 10.2. The van der Waals surface area contributed by atoms with Crippen LogP contribution in [0.4, 0.5) is 0 Å². The second-order valence-corrected chi connectivity index (χ2v) is 7.26. The second kappa shape index (κ2) is 9.20. The smallest absolute Gasteiger partial charge is 0.348 e. The van der Waals surface area contributed by atoms with E-state index >= 15 is 0 Å². The predicted molar refractivity (Wildman–Crippen MR) is 101 cm³/mol. The maximum absolute atomic E-state index is 12.6. The Morgan fingerprint density at radius 1 is 0.969 bits per heavy atom. The van der Waals surface area contributed by atoms with Crippen molar-refractivity contribution in [2.45, 2.75) is 25.7 Å². The zero-order valence-electron chi connectivity index (χ0n) is 16.9. The van der Waals surface area contributed by atoms with Gasteiger partial charge in [0.25, 0.3) is 23.6 Å². The number of hydrogen-bond donors (Lipinski definition) is 0. The summed E-state index contributed by atoms with van der Waals surface area (Å²) < 4.78 is -1.24. The van der Waals surface area contributed by atoms with Crippen LogP contribution in [0.3, 0.4) is 0 Å². The first-order valence-corrected chi connectivity index (χ1v) is 9.81. The lowest BCUT2D eigenvalue weighted by Gasteiger charge is -2.40. The summed E-state index contributed by atoms with van der Waals surface area (Å²) in [5, 5.41) is 12.6. The van der Waals surface area contributed by atoms with Gasteiger partial charge in [-0.25, -0.2) is 9.59 Å². The van der Waals surface area contributed by atoms with Crippen molar-refractivity contribution in [2.75, 3.05) is 26.2 Å². The molecule has 3 aliphatic heterocycles. The molecule has 0 N–H and O–H groups in total. The van der Waals surface area contributed by atoms with Crippen molar-refractivity contribution in [1.82, 2.24) is 14.9 Å². The van der Waals surface area contributed by atoms with E-state index in [0.717, 1.165) is 34.2 Å². The Hall–Kier alpha value is -3.71. The van der Waals surface area contributed by atoms with Crippen molar-refractivity contribution in [3.63, 3.8) is 0 Å². The average Bonchev–Trinajstić information content (AvgIpc) is 3.25. The van der Waals surface area contributed by atoms with E-state index in [0.29, 0.717) is 5.06 Å². The van der Waals surface area contributed by atoms with Crippen LogP contribution in [0.15, 0.2) is 24.4 Å². The Morgan fingerprint density at radius 3 is 2.12 bits per heavy atom. The Morgan fingerprint density at radius 2 is 1.59 bits per heavy atom. The molecule has 1 atom stereocenters. The number of hydroxylamine groups is 5. The van der Waals surface area contributed by atoms with E-state index in [-0.39, 0.29) is 45.4 Å². The minimum absolute atomic E-state index is 0.0655. The minimum Gasteiger partial charge on any atom is -0.620 e. The number of imide groups is 2. The molecule has 32 heavy (non-hydrogen) atoms. The van der Waals surface area contributed by atoms with Crippen molar-refractivity contribution in [3.05, 3.63) is 29.6 Å². The molecule has 1 fully saturated rings. The van der Waals surface area contributed by atoms with E-state index in [2.05, 4.69) is 0 Å². The van der Waals surface area contributed by atoms with Gasteiger partial charge in [0.15, 0.2) is 0 Å². The summed E-state index contributed by atoms with van der Waals surface area (Å²) in [5.74, 6) is -4.63. The standard InChI is InChI=1S/C19H20N4O9/c24-13(5-6-19(30)32-22-16(27)3-4-17(22)28)20(10-12-23(31)11-7-18(23)29)8-9-21-14(25)1-2-15(21)26/h1-2,7,11H,3-6,8-10,12H2. The van der Waals surface area contributed by atoms with Crippen LogP contribution in [-0.2, 0) is 38.4 Å². The van der Waals surface area contributed by atoms with Gasteiger partial charge in [-0.05, 0) is 0 Å². The third-order valence-electron chi connectivity index (χ3n) is 5.12. The van der Waals surface area contributed by atoms with E-state index in [1.54, 1.807) is 0 Å². The van der Waals surface area contributed by atoms with Crippen LogP contribution in [0.2, 0.25) is 0 Å². The summed E-state index contributed by atoms with van der Waals surface area (Å²) in [6.07, 6.45) is 3.46. The zero-order valence-corrected chi connectivity index (χ0v) is 16.9. The first-order chi connectivity index (χ1) is 15.1. The maximum Gasteiger partial charge on any atom is 0.348 e. The first kappa shape index (κ1) is 23.0. The van der Waals surface area contributed by atoms with Crippen LogP contribution in [-0.4, -0.2) is 87.1 Å². The Balaban J connectivity index is 1.55. The van der Waals surface area contributed by atoms with E-state index in [9.17, 15) is 38.8 Å². The first-order valence-electron chi connectivity index (χ1n) is 9.81. The molecular weight excluding hydrogens is 428 g/mol. The zero-order chi connectivity index (χ0) is 23.5. The summed E-state index contributed by atoms with van der Waals surface area (Å²) in [7, 11) is 0. The summed E-state index contributed by atoms with van der Waals surface area (Å²) in [6.45, 7) is -0.697. The Bertz CT molecular complexity index is 922. The van der Waals surface area contributed by atoms with Gasteiger partial charge in [0, 0.05) is 44.5 Å². The molecule has 0 aromatic rings. The van der Waals surface area contributed by atoms with E-state index < -0.39 is 52.5 Å². The van der Waals surface area contributed by atoms with Gasteiger partial charge < -0.3 is 14.9 Å². The molecule has 13 heteroatoms. The summed E-state index contributed by atoms with van der Waals surface area (Å²) in [4.78, 5) is 89.2. The molecule has 13 nitrogen and oxygen atoms in total. The lowest BCUT2D eigenvalue weighted by Crippen LogP contribution is -2.53. The minimum atomic E-state index is -1.24. The monoisotopic (exact) mass is 448 g/mol. The van der Waals surface area contributed by atoms with Gasteiger partial charge >= 0.3 is 11.9 Å². The van der Waals surface area contributed by atoms with Crippen molar-refractivity contribution in [1.29, 1.82) is 0 Å². The molecule has 3 aliphatic rings. The summed E-state index contributed by atoms with van der Waals surface area (Å²) in [6, 6.07) is 0. The highest BCUT2D eigenvalue weighted by atomic mass is 16.7. The third kappa shape index (κ3) is 4.95. The molecular formula is C19H20N4O9. The van der Waals surface area contributed by atoms with Crippen LogP contribution in [0.25, 0.3) is 0 Å². The van der Waals surface area contributed by atoms with Gasteiger partial charge in [-0.3, -0.25) is 33.5 Å². The molecule has 170 valence electrons. The normalized spacial score (nSPS) is 22.1. The summed E-state index contributed by atoms with van der Waals surface area (Å²) in [5.41, 5.74) is 0. The molecule has 0 saturated carbocycles. The van der Waals surface area contributed by atoms with Gasteiger partial charge in [-0.1, -0.05) is 0 Å². The summed E-state index contributed by atoms with van der Waals surface area (Å²) >= 11 is 0. The molecule has 1 unspecified atom stereocenters. The molecule has 6 amide bonds. The highest BCUT2D eigenvalue weighted by Gasteiger charge is 2.34. The Labute approximate surface area is 181 Å². The van der Waals surface area contributed by atoms with Crippen molar-refractivity contribution < 1.29 is 43.0 Å². The van der Waals surface area contributed by atoms with Gasteiger partial charge in [0.2, 0.25) is 5.91 Å². The van der Waals surface area contributed by atoms with Crippen molar-refractivity contribution in [3.8, 4) is 0 Å². The molecule has 3 heterocycles. The fourth-order valence-electron chi connectivity index (χ4n) is 3.16. The second-order valence-electron chi connectivity index (χ2n) is 7.26. The van der Waals surface area contributed by atoms with Crippen LogP contribution in [0.1, 0.15) is 25.7 Å². The molecule has 0 radical (unpaired) electrons. The van der Waals surface area contributed by atoms with Crippen LogP contribution >= 0.6 is 0 Å². The number of carbonyl (C=O) groups is 7. The fraction of sp³-hybridized carbons (Fsp3) is 0.421. The van der Waals surface area contributed by atoms with Crippen molar-refractivity contribution in [2.24, 2.45) is 0 Å². The SMILES string of the molecule is O=C(CCC(=O)N(CCN1C(=O)C=CC1=O)CC[N+]1([O-])C=CC1=O)ON1C(=O)CCC1=O. The fourth-order valence-corrected chi connectivity index (χ4v) is 3.16. The van der Waals surface area contributed by atoms with Crippen LogP contribution < -0.4 is 0 Å². The predicted octanol–water partition coefficient (Wildman–Crippen LogP) is -1.50. The maximum atomic E-state index is 12.6. The molecule has 0 aromatic carbocycles. The molecule has 0 aliphatic carbocycles. The number of quaternary nitrogens is 1. The number of rotatable bonds is 10. The quantitative estimate of drug-likeness (QED) is 0.220. The van der Waals surface area contributed by atoms with Gasteiger partial charge in [0.05, 0.1) is 19.0 Å². The van der Waals surface area contributed by atoms with E-state index in [1.165, 1.54) is 0 Å². The Kier molecular flexibility index (Phi) is 6.60. The highest BCUT2D eigenvalue weighted by Crippen LogP contribution is 2.18. The van der Waals surface area contributed by atoms with Crippen LogP contribution in [0, 0.1) is 5.21 Å². The van der Waals surface area contributed by atoms with E-state index in [4.69, 9.17) is 4.84 Å². The number of hydrogen-bond acceptors (Lipinski definition) is 9. The third-order valence-corrected chi connectivity index (χ3v) is 5.12. The van der Waals surface area contributed by atoms with Gasteiger partial charge in [-0.2, -0.15) is 0 Å². The number of carbonyl (C=O) groups excluding carboxylic acids is 7. The number of nitrogens with zero attached hydrogens (tertiary/aromatic N) is 4. The van der Waals surface area contributed by atoms with Gasteiger partial charge in [0.1, 0.15) is 12.7 Å². The molecule has 0 aromatic heterocycles. The van der Waals surface area contributed by atoms with Crippen LogP contribution in [0.5, 0.6) is 0 Å². The van der Waals surface area contributed by atoms with E-state index in [1.807, 2.05) is 0 Å². The highest BCUT2D eigenvalue weighted by molar-refractivity contribution is 6.12. The number of amides is 6. The largest absolute Gasteiger partial charge is 0.620 e. The molecule has 3 rings (SSSR count). The van der Waals surface area contributed by atoms with Gasteiger partial charge in [-0.15, -0.1) is 5.06 Å². The van der Waals surface area contributed by atoms with Crippen molar-refractivity contribution >= 4 is 41.4 Å². The molecule has 1 saturated heterocycles. The lowest BCUT2D eigenvalue weighted by molar-refractivity contribution is -0.758. The molecule has 0 bridgehead atoms. The topological polar surface area (TPSA) is 162 Å².